The quantitative estimate of drug-likeness (QED) is 0.608. The van der Waals surface area contributed by atoms with Crippen molar-refractivity contribution in [1.82, 2.24) is 4.90 Å². The van der Waals surface area contributed by atoms with Crippen LogP contribution in [0.2, 0.25) is 0 Å². The summed E-state index contributed by atoms with van der Waals surface area (Å²) in [5.74, 6) is -0.700. The summed E-state index contributed by atoms with van der Waals surface area (Å²) in [6.45, 7) is 3.35. The summed E-state index contributed by atoms with van der Waals surface area (Å²) in [6, 6.07) is 7.17. The standard InChI is InChI=1S/C15H17NO4/c1-3-10-16(11-15(18)19)14(17)9-6-12-4-7-13(20-2)8-5-12/h3-9H,1,10-11H2,2H3,(H,18,19). The van der Waals surface area contributed by atoms with Gasteiger partial charge in [-0.15, -0.1) is 6.58 Å². The summed E-state index contributed by atoms with van der Waals surface area (Å²) in [7, 11) is 1.58. The fraction of sp³-hybridized carbons (Fsp3) is 0.200. The number of carbonyl (C=O) groups excluding carboxylic acids is 1. The molecule has 1 amide bonds. The van der Waals surface area contributed by atoms with Crippen LogP contribution in [0.5, 0.6) is 5.75 Å². The van der Waals surface area contributed by atoms with Crippen molar-refractivity contribution in [3.63, 3.8) is 0 Å². The molecule has 0 unspecified atom stereocenters. The van der Waals surface area contributed by atoms with Crippen LogP contribution in [0.3, 0.4) is 0 Å². The number of rotatable bonds is 7. The highest BCUT2D eigenvalue weighted by molar-refractivity contribution is 5.93. The van der Waals surface area contributed by atoms with E-state index in [1.807, 2.05) is 0 Å². The third-order valence-electron chi connectivity index (χ3n) is 2.52. The molecule has 0 heterocycles. The highest BCUT2D eigenvalue weighted by atomic mass is 16.5. The Morgan fingerprint density at radius 3 is 2.50 bits per heavy atom. The van der Waals surface area contributed by atoms with Gasteiger partial charge in [-0.25, -0.2) is 0 Å². The zero-order valence-corrected chi connectivity index (χ0v) is 11.3. The predicted molar refractivity (Wildman–Crippen MR) is 76.4 cm³/mol. The van der Waals surface area contributed by atoms with Crippen molar-refractivity contribution in [2.24, 2.45) is 0 Å². The van der Waals surface area contributed by atoms with Crippen molar-refractivity contribution in [1.29, 1.82) is 0 Å². The first-order chi connectivity index (χ1) is 9.56. The first-order valence-electron chi connectivity index (χ1n) is 6.00. The van der Waals surface area contributed by atoms with Gasteiger partial charge in [0, 0.05) is 12.6 Å². The SMILES string of the molecule is C=CCN(CC(=O)O)C(=O)C=Cc1ccc(OC)cc1. The van der Waals surface area contributed by atoms with Crippen LogP contribution in [0, 0.1) is 0 Å². The number of amides is 1. The summed E-state index contributed by atoms with van der Waals surface area (Å²) in [4.78, 5) is 23.7. The largest absolute Gasteiger partial charge is 0.497 e. The van der Waals surface area contributed by atoms with Gasteiger partial charge in [0.2, 0.25) is 5.91 Å². The molecule has 5 nitrogen and oxygen atoms in total. The van der Waals surface area contributed by atoms with Gasteiger partial charge < -0.3 is 14.7 Å². The van der Waals surface area contributed by atoms with Crippen LogP contribution in [0.1, 0.15) is 5.56 Å². The molecule has 1 aromatic rings. The van der Waals surface area contributed by atoms with Gasteiger partial charge in [0.15, 0.2) is 0 Å². The molecular weight excluding hydrogens is 258 g/mol. The summed E-state index contributed by atoms with van der Waals surface area (Å²) >= 11 is 0. The number of ether oxygens (including phenoxy) is 1. The van der Waals surface area contributed by atoms with Crippen LogP contribution in [-0.4, -0.2) is 42.1 Å². The summed E-state index contributed by atoms with van der Waals surface area (Å²) in [6.07, 6.45) is 4.45. The topological polar surface area (TPSA) is 66.8 Å². The summed E-state index contributed by atoms with van der Waals surface area (Å²) in [5, 5.41) is 8.74. The van der Waals surface area contributed by atoms with E-state index in [2.05, 4.69) is 6.58 Å². The number of methoxy groups -OCH3 is 1. The average Bonchev–Trinajstić information content (AvgIpc) is 2.44. The third-order valence-corrected chi connectivity index (χ3v) is 2.52. The molecule has 0 aliphatic carbocycles. The lowest BCUT2D eigenvalue weighted by atomic mass is 10.2. The van der Waals surface area contributed by atoms with Crippen LogP contribution < -0.4 is 4.74 Å². The van der Waals surface area contributed by atoms with Crippen molar-refractivity contribution in [3.05, 3.63) is 48.6 Å². The highest BCUT2D eigenvalue weighted by Gasteiger charge is 2.12. The van der Waals surface area contributed by atoms with Crippen molar-refractivity contribution in [2.75, 3.05) is 20.2 Å². The second kappa shape index (κ2) is 7.78. The van der Waals surface area contributed by atoms with Crippen molar-refractivity contribution in [3.8, 4) is 5.75 Å². The van der Waals surface area contributed by atoms with Crippen LogP contribution in [0.4, 0.5) is 0 Å². The Kier molecular flexibility index (Phi) is 6.03. The molecule has 0 aromatic heterocycles. The molecule has 0 fully saturated rings. The van der Waals surface area contributed by atoms with Crippen LogP contribution >= 0.6 is 0 Å². The lowest BCUT2D eigenvalue weighted by Crippen LogP contribution is -2.34. The van der Waals surface area contributed by atoms with Crippen LogP contribution in [0.15, 0.2) is 43.0 Å². The van der Waals surface area contributed by atoms with E-state index in [1.165, 1.54) is 17.1 Å². The zero-order valence-electron chi connectivity index (χ0n) is 11.3. The van der Waals surface area contributed by atoms with Gasteiger partial charge in [0.1, 0.15) is 12.3 Å². The lowest BCUT2D eigenvalue weighted by molar-refractivity contribution is -0.142. The van der Waals surface area contributed by atoms with Crippen LogP contribution in [0.25, 0.3) is 6.08 Å². The number of carboxylic acid groups (broad SMARTS) is 1. The fourth-order valence-corrected chi connectivity index (χ4v) is 1.54. The van der Waals surface area contributed by atoms with E-state index in [0.717, 1.165) is 11.3 Å². The van der Waals surface area contributed by atoms with Gasteiger partial charge in [0.25, 0.3) is 0 Å². The van der Waals surface area contributed by atoms with Gasteiger partial charge in [-0.3, -0.25) is 9.59 Å². The zero-order chi connectivity index (χ0) is 15.0. The Bertz CT molecular complexity index is 505. The smallest absolute Gasteiger partial charge is 0.323 e. The molecule has 0 spiro atoms. The van der Waals surface area contributed by atoms with E-state index in [4.69, 9.17) is 9.84 Å². The van der Waals surface area contributed by atoms with Crippen molar-refractivity contribution >= 4 is 18.0 Å². The first-order valence-corrected chi connectivity index (χ1v) is 6.00. The number of benzene rings is 1. The van der Waals surface area contributed by atoms with Gasteiger partial charge >= 0.3 is 5.97 Å². The minimum Gasteiger partial charge on any atom is -0.497 e. The molecule has 0 atom stereocenters. The van der Waals surface area contributed by atoms with E-state index in [-0.39, 0.29) is 19.0 Å². The Morgan fingerprint density at radius 1 is 1.35 bits per heavy atom. The normalized spacial score (nSPS) is 10.2. The molecule has 0 aliphatic heterocycles. The Hall–Kier alpha value is -2.56. The third kappa shape index (κ3) is 4.97. The lowest BCUT2D eigenvalue weighted by Gasteiger charge is -2.16. The Morgan fingerprint density at radius 2 is 2.00 bits per heavy atom. The second-order valence-corrected chi connectivity index (χ2v) is 4.01. The van der Waals surface area contributed by atoms with Gasteiger partial charge in [-0.05, 0) is 23.8 Å². The number of nitrogens with zero attached hydrogens (tertiary/aromatic N) is 1. The van der Waals surface area contributed by atoms with E-state index in [0.29, 0.717) is 0 Å². The van der Waals surface area contributed by atoms with E-state index in [9.17, 15) is 9.59 Å². The number of carboxylic acids is 1. The van der Waals surface area contributed by atoms with E-state index in [1.54, 1.807) is 37.5 Å². The van der Waals surface area contributed by atoms with Gasteiger partial charge in [0.05, 0.1) is 7.11 Å². The number of hydrogen-bond acceptors (Lipinski definition) is 3. The molecule has 1 aromatic carbocycles. The molecule has 1 rings (SSSR count). The second-order valence-electron chi connectivity index (χ2n) is 4.01. The average molecular weight is 275 g/mol. The highest BCUT2D eigenvalue weighted by Crippen LogP contribution is 2.12. The molecule has 5 heteroatoms. The molecule has 106 valence electrons. The Balaban J connectivity index is 2.72. The molecule has 0 saturated carbocycles. The molecule has 0 saturated heterocycles. The minimum atomic E-state index is -1.06. The van der Waals surface area contributed by atoms with Crippen molar-refractivity contribution in [2.45, 2.75) is 0 Å². The van der Waals surface area contributed by atoms with Gasteiger partial charge in [-0.1, -0.05) is 18.2 Å². The monoisotopic (exact) mass is 275 g/mol. The number of hydrogen-bond donors (Lipinski definition) is 1. The minimum absolute atomic E-state index is 0.193. The maximum absolute atomic E-state index is 11.9. The van der Waals surface area contributed by atoms with E-state index < -0.39 is 5.97 Å². The van der Waals surface area contributed by atoms with E-state index >= 15 is 0 Å². The fourth-order valence-electron chi connectivity index (χ4n) is 1.54. The molecule has 20 heavy (non-hydrogen) atoms. The molecular formula is C15H17NO4. The first kappa shape index (κ1) is 15.5. The van der Waals surface area contributed by atoms with Gasteiger partial charge in [-0.2, -0.15) is 0 Å². The molecule has 0 radical (unpaired) electrons. The van der Waals surface area contributed by atoms with Crippen molar-refractivity contribution < 1.29 is 19.4 Å². The maximum Gasteiger partial charge on any atom is 0.323 e. The summed E-state index contributed by atoms with van der Waals surface area (Å²) < 4.78 is 5.03. The molecule has 0 bridgehead atoms. The molecule has 1 N–H and O–H groups in total. The Labute approximate surface area is 117 Å². The van der Waals surface area contributed by atoms with Crippen LogP contribution in [-0.2, 0) is 9.59 Å². The maximum atomic E-state index is 11.9. The number of carbonyl (C=O) groups is 2. The molecule has 0 aliphatic rings. The summed E-state index contributed by atoms with van der Waals surface area (Å²) in [5.41, 5.74) is 0.827. The number of aliphatic carboxylic acids is 1. The predicted octanol–water partition coefficient (Wildman–Crippen LogP) is 1.81.